The van der Waals surface area contributed by atoms with Crippen molar-refractivity contribution in [1.29, 1.82) is 0 Å². The minimum Gasteiger partial charge on any atom is -0.490 e. The lowest BCUT2D eigenvalue weighted by atomic mass is 10.1. The van der Waals surface area contributed by atoms with Crippen molar-refractivity contribution >= 4 is 17.4 Å². The second-order valence-electron chi connectivity index (χ2n) is 6.63. The molecule has 0 unspecified atom stereocenters. The summed E-state index contributed by atoms with van der Waals surface area (Å²) >= 11 is 0. The van der Waals surface area contributed by atoms with E-state index in [1.54, 1.807) is 19.9 Å². The van der Waals surface area contributed by atoms with Crippen LogP contribution in [0, 0.1) is 12.7 Å². The third-order valence-electron chi connectivity index (χ3n) is 5.03. The molecule has 0 aliphatic carbocycles. The third kappa shape index (κ3) is 2.54. The molecule has 0 saturated heterocycles. The summed E-state index contributed by atoms with van der Waals surface area (Å²) in [4.78, 5) is 15.6. The summed E-state index contributed by atoms with van der Waals surface area (Å²) in [6.07, 6.45) is 0.776. The number of anilines is 2. The van der Waals surface area contributed by atoms with Gasteiger partial charge in [-0.05, 0) is 18.6 Å². The lowest BCUT2D eigenvalue weighted by Gasteiger charge is -2.32. The van der Waals surface area contributed by atoms with Crippen LogP contribution in [0.25, 0.3) is 0 Å². The molecule has 1 amide bonds. The second kappa shape index (κ2) is 5.75. The lowest BCUT2D eigenvalue weighted by molar-refractivity contribution is -0.129. The van der Waals surface area contributed by atoms with Crippen LogP contribution in [0.15, 0.2) is 12.1 Å². The van der Waals surface area contributed by atoms with Gasteiger partial charge < -0.3 is 14.5 Å². The quantitative estimate of drug-likeness (QED) is 0.797. The van der Waals surface area contributed by atoms with Crippen LogP contribution >= 0.6 is 0 Å². The molecular formula is C18H21FN4O2. The number of ether oxygens (including phenoxy) is 1. The van der Waals surface area contributed by atoms with Gasteiger partial charge >= 0.3 is 0 Å². The normalized spacial score (nSPS) is 16.3. The molecule has 0 atom stereocenters. The predicted octanol–water partition coefficient (Wildman–Crippen LogP) is 2.30. The Kier molecular flexibility index (Phi) is 3.67. The van der Waals surface area contributed by atoms with Gasteiger partial charge in [-0.15, -0.1) is 0 Å². The maximum absolute atomic E-state index is 14.1. The number of fused-ring (bicyclic) bond motifs is 2. The van der Waals surface area contributed by atoms with Gasteiger partial charge in [0.1, 0.15) is 18.2 Å². The van der Waals surface area contributed by atoms with E-state index in [1.165, 1.54) is 6.07 Å². The third-order valence-corrected chi connectivity index (χ3v) is 5.03. The van der Waals surface area contributed by atoms with Gasteiger partial charge in [0.25, 0.3) is 0 Å². The fourth-order valence-electron chi connectivity index (χ4n) is 3.62. The summed E-state index contributed by atoms with van der Waals surface area (Å²) in [6.45, 7) is 5.66. The number of hydrogen-bond acceptors (Lipinski definition) is 4. The predicted molar refractivity (Wildman–Crippen MR) is 91.6 cm³/mol. The van der Waals surface area contributed by atoms with Crippen LogP contribution in [0.1, 0.15) is 23.7 Å². The summed E-state index contributed by atoms with van der Waals surface area (Å²) in [6, 6.07) is 3.24. The molecule has 6 nitrogen and oxygen atoms in total. The number of carbonyl (C=O) groups excluding carboxylic acids is 1. The van der Waals surface area contributed by atoms with Crippen LogP contribution in [-0.2, 0) is 24.8 Å². The van der Waals surface area contributed by atoms with Crippen LogP contribution in [0.3, 0.4) is 0 Å². The van der Waals surface area contributed by atoms with E-state index in [1.807, 2.05) is 21.5 Å². The van der Waals surface area contributed by atoms with Gasteiger partial charge in [-0.1, -0.05) is 0 Å². The smallest absolute Gasteiger partial charge is 0.219 e. The molecule has 25 heavy (non-hydrogen) atoms. The van der Waals surface area contributed by atoms with E-state index in [2.05, 4.69) is 5.10 Å². The molecule has 1 aromatic carbocycles. The van der Waals surface area contributed by atoms with Crippen molar-refractivity contribution in [2.75, 3.05) is 24.6 Å². The van der Waals surface area contributed by atoms with Gasteiger partial charge in [0.15, 0.2) is 5.82 Å². The molecular weight excluding hydrogens is 323 g/mol. The van der Waals surface area contributed by atoms with Crippen molar-refractivity contribution in [2.24, 2.45) is 7.05 Å². The van der Waals surface area contributed by atoms with Gasteiger partial charge in [-0.25, -0.2) is 4.39 Å². The number of hydrogen-bond donors (Lipinski definition) is 0. The van der Waals surface area contributed by atoms with Crippen molar-refractivity contribution in [3.8, 4) is 5.75 Å². The monoisotopic (exact) mass is 344 g/mol. The minimum atomic E-state index is -0.260. The number of amides is 1. The highest BCUT2D eigenvalue weighted by atomic mass is 19.1. The number of aromatic nitrogens is 2. The summed E-state index contributed by atoms with van der Waals surface area (Å²) in [5, 5.41) is 4.69. The fourth-order valence-corrected chi connectivity index (χ4v) is 3.62. The van der Waals surface area contributed by atoms with Crippen molar-refractivity contribution in [1.82, 2.24) is 14.7 Å². The number of nitrogens with zero attached hydrogens (tertiary/aromatic N) is 4. The number of aryl methyl sites for hydroxylation is 2. The van der Waals surface area contributed by atoms with E-state index in [9.17, 15) is 9.18 Å². The molecule has 4 rings (SSSR count). The fraction of sp³-hybridized carbons (Fsp3) is 0.444. The summed E-state index contributed by atoms with van der Waals surface area (Å²) in [5.74, 6) is 1.26. The maximum atomic E-state index is 14.1. The Morgan fingerprint density at radius 3 is 2.88 bits per heavy atom. The van der Waals surface area contributed by atoms with Gasteiger partial charge in [0.2, 0.25) is 5.91 Å². The van der Waals surface area contributed by atoms with Crippen molar-refractivity contribution in [3.63, 3.8) is 0 Å². The van der Waals surface area contributed by atoms with Gasteiger partial charge in [-0.3, -0.25) is 9.48 Å². The molecule has 2 aliphatic rings. The van der Waals surface area contributed by atoms with E-state index in [0.29, 0.717) is 43.2 Å². The molecule has 0 bridgehead atoms. The zero-order chi connectivity index (χ0) is 17.7. The Morgan fingerprint density at radius 2 is 2.12 bits per heavy atom. The topological polar surface area (TPSA) is 50.6 Å². The molecule has 7 heteroatoms. The largest absolute Gasteiger partial charge is 0.490 e. The van der Waals surface area contributed by atoms with E-state index in [-0.39, 0.29) is 11.7 Å². The highest BCUT2D eigenvalue weighted by Gasteiger charge is 2.31. The number of carbonyl (C=O) groups is 1. The summed E-state index contributed by atoms with van der Waals surface area (Å²) in [7, 11) is 1.92. The SMILES string of the molecule is CC(=O)N1CCc2c(c(N3CCOc4cc(C)c(F)cc43)nn2C)C1. The van der Waals surface area contributed by atoms with Crippen LogP contribution in [0.4, 0.5) is 15.9 Å². The first kappa shape index (κ1) is 15.9. The lowest BCUT2D eigenvalue weighted by Crippen LogP contribution is -2.36. The van der Waals surface area contributed by atoms with Crippen molar-refractivity contribution < 1.29 is 13.9 Å². The molecule has 132 valence electrons. The highest BCUT2D eigenvalue weighted by Crippen LogP contribution is 2.40. The molecule has 0 spiro atoms. The number of benzene rings is 1. The van der Waals surface area contributed by atoms with Crippen LogP contribution in [-0.4, -0.2) is 40.3 Å². The number of rotatable bonds is 1. The van der Waals surface area contributed by atoms with E-state index >= 15 is 0 Å². The Balaban J connectivity index is 1.80. The van der Waals surface area contributed by atoms with Gasteiger partial charge in [-0.2, -0.15) is 5.10 Å². The Labute approximate surface area is 145 Å². The minimum absolute atomic E-state index is 0.0597. The van der Waals surface area contributed by atoms with Crippen LogP contribution in [0.2, 0.25) is 0 Å². The summed E-state index contributed by atoms with van der Waals surface area (Å²) < 4.78 is 21.7. The first-order valence-electron chi connectivity index (χ1n) is 8.46. The molecule has 0 radical (unpaired) electrons. The van der Waals surface area contributed by atoms with Crippen LogP contribution < -0.4 is 9.64 Å². The molecule has 3 heterocycles. The standard InChI is InChI=1S/C18H21FN4O2/c1-11-8-17-16(9-14(11)19)23(6-7-25-17)18-13-10-22(12(2)24)5-4-15(13)21(3)20-18/h8-9H,4-7,10H2,1-3H3. The van der Waals surface area contributed by atoms with Crippen molar-refractivity contribution in [2.45, 2.75) is 26.8 Å². The van der Waals surface area contributed by atoms with E-state index in [0.717, 1.165) is 23.5 Å². The first-order chi connectivity index (χ1) is 12.0. The van der Waals surface area contributed by atoms with E-state index in [4.69, 9.17) is 4.74 Å². The molecule has 0 saturated carbocycles. The highest BCUT2D eigenvalue weighted by molar-refractivity contribution is 5.75. The first-order valence-corrected chi connectivity index (χ1v) is 8.46. The molecule has 0 N–H and O–H groups in total. The molecule has 2 aliphatic heterocycles. The van der Waals surface area contributed by atoms with E-state index < -0.39 is 0 Å². The zero-order valence-corrected chi connectivity index (χ0v) is 14.7. The van der Waals surface area contributed by atoms with Gasteiger partial charge in [0, 0.05) is 44.3 Å². The second-order valence-corrected chi connectivity index (χ2v) is 6.63. The Bertz CT molecular complexity index is 861. The number of halogens is 1. The summed E-state index contributed by atoms with van der Waals surface area (Å²) in [5.41, 5.74) is 3.42. The average Bonchev–Trinajstić information content (AvgIpc) is 2.91. The molecule has 0 fully saturated rings. The zero-order valence-electron chi connectivity index (χ0n) is 14.7. The van der Waals surface area contributed by atoms with Crippen molar-refractivity contribution in [3.05, 3.63) is 34.8 Å². The molecule has 2 aromatic rings. The maximum Gasteiger partial charge on any atom is 0.219 e. The van der Waals surface area contributed by atoms with Gasteiger partial charge in [0.05, 0.1) is 18.8 Å². The molecule has 1 aromatic heterocycles. The Morgan fingerprint density at radius 1 is 1.32 bits per heavy atom. The Hall–Kier alpha value is -2.57. The average molecular weight is 344 g/mol. The van der Waals surface area contributed by atoms with Crippen LogP contribution in [0.5, 0.6) is 5.75 Å².